The Morgan fingerprint density at radius 1 is 1.32 bits per heavy atom. The summed E-state index contributed by atoms with van der Waals surface area (Å²) in [5.41, 5.74) is 1.35. The normalized spacial score (nSPS) is 12.8. The van der Waals surface area contributed by atoms with Crippen LogP contribution in [-0.4, -0.2) is 22.0 Å². The molecule has 19 heavy (non-hydrogen) atoms. The molecule has 0 radical (unpaired) electrons. The molecule has 0 aliphatic carbocycles. The van der Waals surface area contributed by atoms with Gasteiger partial charge >= 0.3 is 6.03 Å². The molecule has 1 unspecified atom stereocenters. The van der Waals surface area contributed by atoms with Crippen molar-refractivity contribution in [3.8, 4) is 0 Å². The number of carbonyl (C=O) groups is 1. The highest BCUT2D eigenvalue weighted by atomic mass is 32.2. The summed E-state index contributed by atoms with van der Waals surface area (Å²) in [6.07, 6.45) is 2.50. The summed E-state index contributed by atoms with van der Waals surface area (Å²) in [6, 6.07) is 7.19. The van der Waals surface area contributed by atoms with Crippen molar-refractivity contribution in [2.24, 2.45) is 0 Å². The molecule has 0 fully saturated rings. The average Bonchev–Trinajstić information content (AvgIpc) is 2.30. The smallest absolute Gasteiger partial charge is 0.319 e. The molecule has 0 saturated carbocycles. The van der Waals surface area contributed by atoms with Gasteiger partial charge in [0.05, 0.1) is 5.75 Å². The number of hydrogen-bond acceptors (Lipinski definition) is 2. The minimum atomic E-state index is -0.934. The third kappa shape index (κ3) is 5.42. The van der Waals surface area contributed by atoms with E-state index in [1.165, 1.54) is 0 Å². The van der Waals surface area contributed by atoms with Crippen LogP contribution in [0.5, 0.6) is 0 Å². The van der Waals surface area contributed by atoms with Gasteiger partial charge < -0.3 is 10.6 Å². The Balaban J connectivity index is 2.76. The monoisotopic (exact) mass is 282 g/mol. The van der Waals surface area contributed by atoms with Gasteiger partial charge in [-0.15, -0.1) is 0 Å². The van der Waals surface area contributed by atoms with Gasteiger partial charge in [-0.25, -0.2) is 4.79 Å². The molecule has 0 heterocycles. The van der Waals surface area contributed by atoms with E-state index in [1.54, 1.807) is 6.26 Å². The number of hydrogen-bond donors (Lipinski definition) is 2. The summed E-state index contributed by atoms with van der Waals surface area (Å²) in [5.74, 6) is 0.438. The second kappa shape index (κ2) is 6.70. The Labute approximate surface area is 117 Å². The van der Waals surface area contributed by atoms with Crippen molar-refractivity contribution >= 4 is 22.5 Å². The molecule has 1 atom stereocenters. The molecule has 0 aliphatic heterocycles. The molecule has 1 aromatic rings. The van der Waals surface area contributed by atoms with Gasteiger partial charge in [0, 0.05) is 28.3 Å². The van der Waals surface area contributed by atoms with E-state index in [1.807, 2.05) is 45.0 Å². The van der Waals surface area contributed by atoms with Crippen molar-refractivity contribution in [1.82, 2.24) is 5.32 Å². The first kappa shape index (κ1) is 15.7. The molecule has 1 aromatic carbocycles. The fourth-order valence-electron chi connectivity index (χ4n) is 1.54. The highest BCUT2D eigenvalue weighted by molar-refractivity contribution is 7.83. The van der Waals surface area contributed by atoms with E-state index in [0.717, 1.165) is 12.0 Å². The van der Waals surface area contributed by atoms with Crippen molar-refractivity contribution < 1.29 is 9.00 Å². The second-order valence-corrected chi connectivity index (χ2v) is 6.63. The zero-order valence-corrected chi connectivity index (χ0v) is 12.8. The van der Waals surface area contributed by atoms with Crippen LogP contribution in [0.3, 0.4) is 0 Å². The maximum absolute atomic E-state index is 11.9. The summed E-state index contributed by atoms with van der Waals surface area (Å²) in [4.78, 5) is 11.9. The zero-order chi connectivity index (χ0) is 14.5. The molecule has 0 aromatic heterocycles. The van der Waals surface area contributed by atoms with Gasteiger partial charge in [0.15, 0.2) is 0 Å². The Morgan fingerprint density at radius 3 is 2.53 bits per heavy atom. The van der Waals surface area contributed by atoms with Crippen LogP contribution in [0.2, 0.25) is 0 Å². The number of para-hydroxylation sites is 1. The van der Waals surface area contributed by atoms with Crippen LogP contribution in [0, 0.1) is 0 Å². The summed E-state index contributed by atoms with van der Waals surface area (Å²) < 4.78 is 11.3. The fourth-order valence-corrected chi connectivity index (χ4v) is 2.23. The standard InChI is InChI=1S/C14H22N2O2S/c1-5-14(2,3)16-13(17)15-12-9-7-6-8-11(12)10-19(4)18/h6-9H,5,10H2,1-4H3,(H2,15,16,17). The highest BCUT2D eigenvalue weighted by Crippen LogP contribution is 2.17. The largest absolute Gasteiger partial charge is 0.333 e. The molecule has 0 bridgehead atoms. The lowest BCUT2D eigenvalue weighted by Crippen LogP contribution is -2.45. The Morgan fingerprint density at radius 2 is 1.95 bits per heavy atom. The lowest BCUT2D eigenvalue weighted by molar-refractivity contribution is 0.240. The maximum Gasteiger partial charge on any atom is 0.319 e. The molecule has 0 aliphatic rings. The first-order valence-corrected chi connectivity index (χ1v) is 8.04. The van der Waals surface area contributed by atoms with E-state index in [-0.39, 0.29) is 11.6 Å². The second-order valence-electron chi connectivity index (χ2n) is 5.19. The summed E-state index contributed by atoms with van der Waals surface area (Å²) in [7, 11) is -0.934. The number of rotatable bonds is 5. The Kier molecular flexibility index (Phi) is 5.54. The summed E-state index contributed by atoms with van der Waals surface area (Å²) in [6.45, 7) is 5.97. The minimum Gasteiger partial charge on any atom is -0.333 e. The first-order valence-electron chi connectivity index (χ1n) is 6.31. The topological polar surface area (TPSA) is 58.2 Å². The number of benzene rings is 1. The molecule has 1 rings (SSSR count). The number of anilines is 1. The van der Waals surface area contributed by atoms with Crippen LogP contribution in [0.1, 0.15) is 32.8 Å². The van der Waals surface area contributed by atoms with Crippen molar-refractivity contribution in [1.29, 1.82) is 0 Å². The van der Waals surface area contributed by atoms with E-state index >= 15 is 0 Å². The van der Waals surface area contributed by atoms with Crippen LogP contribution in [-0.2, 0) is 16.6 Å². The molecule has 2 amide bonds. The number of urea groups is 1. The van der Waals surface area contributed by atoms with E-state index in [2.05, 4.69) is 10.6 Å². The Bertz CT molecular complexity index is 472. The lowest BCUT2D eigenvalue weighted by atomic mass is 10.0. The van der Waals surface area contributed by atoms with Gasteiger partial charge in [-0.1, -0.05) is 25.1 Å². The van der Waals surface area contributed by atoms with Crippen LogP contribution in [0.25, 0.3) is 0 Å². The fraction of sp³-hybridized carbons (Fsp3) is 0.500. The van der Waals surface area contributed by atoms with Gasteiger partial charge in [-0.2, -0.15) is 0 Å². The van der Waals surface area contributed by atoms with Crippen molar-refractivity contribution in [3.05, 3.63) is 29.8 Å². The number of nitrogens with one attached hydrogen (secondary N) is 2. The average molecular weight is 282 g/mol. The predicted molar refractivity (Wildman–Crippen MR) is 80.7 cm³/mol. The minimum absolute atomic E-state index is 0.235. The van der Waals surface area contributed by atoms with Gasteiger partial charge in [0.2, 0.25) is 0 Å². The van der Waals surface area contributed by atoms with Crippen LogP contribution in [0.15, 0.2) is 24.3 Å². The first-order chi connectivity index (χ1) is 8.84. The van der Waals surface area contributed by atoms with E-state index in [4.69, 9.17) is 0 Å². The summed E-state index contributed by atoms with van der Waals surface area (Å²) >= 11 is 0. The predicted octanol–water partition coefficient (Wildman–Crippen LogP) is 2.88. The third-order valence-corrected chi connectivity index (χ3v) is 3.68. The molecule has 106 valence electrons. The van der Waals surface area contributed by atoms with E-state index in [0.29, 0.717) is 11.4 Å². The van der Waals surface area contributed by atoms with Gasteiger partial charge in [0.1, 0.15) is 0 Å². The molecular formula is C14H22N2O2S. The van der Waals surface area contributed by atoms with Crippen molar-refractivity contribution in [3.63, 3.8) is 0 Å². The van der Waals surface area contributed by atoms with Crippen LogP contribution < -0.4 is 10.6 Å². The van der Waals surface area contributed by atoms with Gasteiger partial charge in [-0.3, -0.25) is 4.21 Å². The Hall–Kier alpha value is -1.36. The maximum atomic E-state index is 11.9. The van der Waals surface area contributed by atoms with Gasteiger partial charge in [0.25, 0.3) is 0 Å². The molecular weight excluding hydrogens is 260 g/mol. The molecule has 4 nitrogen and oxygen atoms in total. The highest BCUT2D eigenvalue weighted by Gasteiger charge is 2.18. The van der Waals surface area contributed by atoms with Crippen LogP contribution >= 0.6 is 0 Å². The zero-order valence-electron chi connectivity index (χ0n) is 11.9. The lowest BCUT2D eigenvalue weighted by Gasteiger charge is -2.24. The summed E-state index contributed by atoms with van der Waals surface area (Å²) in [5, 5.41) is 5.73. The van der Waals surface area contributed by atoms with Crippen molar-refractivity contribution in [2.75, 3.05) is 11.6 Å². The molecule has 5 heteroatoms. The van der Waals surface area contributed by atoms with Crippen molar-refractivity contribution in [2.45, 2.75) is 38.5 Å². The van der Waals surface area contributed by atoms with E-state index in [9.17, 15) is 9.00 Å². The molecule has 2 N–H and O–H groups in total. The quantitative estimate of drug-likeness (QED) is 0.872. The number of carbonyl (C=O) groups excluding carboxylic acids is 1. The molecule has 0 saturated heterocycles. The third-order valence-electron chi connectivity index (χ3n) is 2.96. The van der Waals surface area contributed by atoms with E-state index < -0.39 is 10.8 Å². The molecule has 0 spiro atoms. The van der Waals surface area contributed by atoms with Gasteiger partial charge in [-0.05, 0) is 31.9 Å². The SMILES string of the molecule is CCC(C)(C)NC(=O)Nc1ccccc1CS(C)=O. The number of amides is 2. The van der Waals surface area contributed by atoms with Crippen LogP contribution in [0.4, 0.5) is 10.5 Å².